The molecule has 6 heteroatoms. The Hall–Kier alpha value is -1.92. The van der Waals surface area contributed by atoms with Gasteiger partial charge in [-0.2, -0.15) is 0 Å². The summed E-state index contributed by atoms with van der Waals surface area (Å²) in [6.45, 7) is 4.98. The van der Waals surface area contributed by atoms with Gasteiger partial charge in [-0.25, -0.2) is 0 Å². The van der Waals surface area contributed by atoms with Gasteiger partial charge in [-0.15, -0.1) is 0 Å². The van der Waals surface area contributed by atoms with Gasteiger partial charge in [-0.05, 0) is 83.5 Å². The maximum atomic E-state index is 12.5. The van der Waals surface area contributed by atoms with Gasteiger partial charge in [0.1, 0.15) is 0 Å². The molecule has 0 aromatic carbocycles. The van der Waals surface area contributed by atoms with Crippen LogP contribution in [-0.4, -0.2) is 47.4 Å². The number of ether oxygens (including phenoxy) is 1. The summed E-state index contributed by atoms with van der Waals surface area (Å²) < 4.78 is 5.51. The Labute approximate surface area is 513 Å². The summed E-state index contributed by atoms with van der Waals surface area (Å²) in [4.78, 5) is 24.6. The first kappa shape index (κ1) is 80.1. The van der Waals surface area contributed by atoms with Crippen LogP contribution in [0.25, 0.3) is 0 Å². The lowest BCUT2D eigenvalue weighted by molar-refractivity contribution is -0.143. The van der Waals surface area contributed by atoms with Crippen LogP contribution in [0, 0.1) is 0 Å². The van der Waals surface area contributed by atoms with E-state index in [4.69, 9.17) is 4.74 Å². The molecule has 0 bridgehead atoms. The molecule has 0 aliphatic carbocycles. The molecule has 0 aromatic rings. The molecular weight excluding hydrogens is 1010 g/mol. The lowest BCUT2D eigenvalue weighted by Crippen LogP contribution is -2.45. The Kier molecular flexibility index (Phi) is 69.9. The standard InChI is InChI=1S/C76H145NO5/c1-3-5-7-9-11-13-15-17-19-20-34-38-42-46-50-54-58-62-66-70-76(81)82-71-67-63-59-55-51-47-43-39-36-33-31-29-27-25-23-21-22-24-26-28-30-32-35-37-41-45-49-53-57-61-65-69-75(80)77-73(72-78)74(79)68-64-60-56-52-48-44-40-18-16-14-12-10-8-6-4-2/h17,19,23,25,29,31,73-74,78-79H,3-16,18,20-22,24,26-28,30,32-72H2,1-2H3,(H,77,80)/b19-17-,25-23-,31-29-. The number of aliphatic hydroxyl groups is 2. The molecular formula is C76H145NO5. The van der Waals surface area contributed by atoms with Gasteiger partial charge in [-0.1, -0.05) is 352 Å². The Morgan fingerprint density at radius 1 is 0.341 bits per heavy atom. The Morgan fingerprint density at radius 3 is 0.939 bits per heavy atom. The van der Waals surface area contributed by atoms with Gasteiger partial charge in [0.2, 0.25) is 5.91 Å². The van der Waals surface area contributed by atoms with Crippen LogP contribution in [0.3, 0.4) is 0 Å². The number of carbonyl (C=O) groups excluding carboxylic acids is 2. The molecule has 6 nitrogen and oxygen atoms in total. The van der Waals surface area contributed by atoms with Crippen molar-refractivity contribution in [2.45, 2.75) is 424 Å². The quantitative estimate of drug-likeness (QED) is 0.0320. The first-order chi connectivity index (χ1) is 40.5. The molecule has 0 radical (unpaired) electrons. The summed E-state index contributed by atoms with van der Waals surface area (Å²) in [6.07, 6.45) is 92.1. The molecule has 0 fully saturated rings. The molecule has 3 N–H and O–H groups in total. The number of rotatable bonds is 70. The monoisotopic (exact) mass is 1150 g/mol. The second kappa shape index (κ2) is 71.6. The van der Waals surface area contributed by atoms with Crippen molar-refractivity contribution in [1.29, 1.82) is 0 Å². The summed E-state index contributed by atoms with van der Waals surface area (Å²) >= 11 is 0. The van der Waals surface area contributed by atoms with Gasteiger partial charge < -0.3 is 20.3 Å². The van der Waals surface area contributed by atoms with Gasteiger partial charge >= 0.3 is 5.97 Å². The molecule has 2 unspecified atom stereocenters. The van der Waals surface area contributed by atoms with E-state index in [1.54, 1.807) is 0 Å². The van der Waals surface area contributed by atoms with Crippen molar-refractivity contribution in [2.75, 3.05) is 13.2 Å². The second-order valence-corrected chi connectivity index (χ2v) is 25.6. The largest absolute Gasteiger partial charge is 0.466 e. The predicted molar refractivity (Wildman–Crippen MR) is 361 cm³/mol. The highest BCUT2D eigenvalue weighted by atomic mass is 16.5. The van der Waals surface area contributed by atoms with E-state index in [1.165, 1.54) is 327 Å². The summed E-state index contributed by atoms with van der Waals surface area (Å²) in [5.74, 6) is -0.0183. The number of unbranched alkanes of at least 4 members (excludes halogenated alkanes) is 53. The van der Waals surface area contributed by atoms with Gasteiger partial charge in [0.15, 0.2) is 0 Å². The number of nitrogens with one attached hydrogen (secondary N) is 1. The third-order valence-corrected chi connectivity index (χ3v) is 17.4. The topological polar surface area (TPSA) is 95.9 Å². The van der Waals surface area contributed by atoms with Gasteiger partial charge in [0.05, 0.1) is 25.4 Å². The van der Waals surface area contributed by atoms with Crippen LogP contribution in [0.1, 0.15) is 412 Å². The lowest BCUT2D eigenvalue weighted by atomic mass is 10.0. The summed E-state index contributed by atoms with van der Waals surface area (Å²) in [5.41, 5.74) is 0. The van der Waals surface area contributed by atoms with Crippen LogP contribution in [0.4, 0.5) is 0 Å². The Morgan fingerprint density at radius 2 is 0.610 bits per heavy atom. The minimum atomic E-state index is -0.664. The second-order valence-electron chi connectivity index (χ2n) is 25.6. The Balaban J connectivity index is 3.37. The number of hydrogen-bond acceptors (Lipinski definition) is 5. The zero-order valence-electron chi connectivity index (χ0n) is 55.5. The smallest absolute Gasteiger partial charge is 0.305 e. The van der Waals surface area contributed by atoms with Crippen LogP contribution in [0.2, 0.25) is 0 Å². The van der Waals surface area contributed by atoms with Gasteiger partial charge in [0.25, 0.3) is 0 Å². The van der Waals surface area contributed by atoms with E-state index in [1.807, 2.05) is 0 Å². The van der Waals surface area contributed by atoms with Crippen molar-refractivity contribution >= 4 is 11.9 Å². The average Bonchev–Trinajstić information content (AvgIpc) is 3.48. The fourth-order valence-corrected chi connectivity index (χ4v) is 11.7. The van der Waals surface area contributed by atoms with E-state index in [2.05, 4.69) is 55.6 Å². The van der Waals surface area contributed by atoms with Crippen molar-refractivity contribution in [3.05, 3.63) is 36.5 Å². The average molecular weight is 1150 g/mol. The van der Waals surface area contributed by atoms with E-state index < -0.39 is 12.1 Å². The molecule has 0 saturated carbocycles. The number of esters is 1. The van der Waals surface area contributed by atoms with E-state index in [0.717, 1.165) is 51.4 Å². The van der Waals surface area contributed by atoms with Crippen molar-refractivity contribution in [2.24, 2.45) is 0 Å². The molecule has 0 saturated heterocycles. The lowest BCUT2D eigenvalue weighted by Gasteiger charge is -2.22. The molecule has 484 valence electrons. The third-order valence-electron chi connectivity index (χ3n) is 17.4. The molecule has 1 amide bonds. The fourth-order valence-electron chi connectivity index (χ4n) is 11.7. The predicted octanol–water partition coefficient (Wildman–Crippen LogP) is 24.3. The number of carbonyl (C=O) groups is 2. The summed E-state index contributed by atoms with van der Waals surface area (Å²) in [5, 5.41) is 23.3. The number of hydrogen-bond donors (Lipinski definition) is 3. The van der Waals surface area contributed by atoms with E-state index in [9.17, 15) is 19.8 Å². The number of aliphatic hydroxyl groups excluding tert-OH is 2. The maximum absolute atomic E-state index is 12.5. The van der Waals surface area contributed by atoms with E-state index in [-0.39, 0.29) is 18.5 Å². The first-order valence-corrected chi connectivity index (χ1v) is 37.2. The van der Waals surface area contributed by atoms with Crippen molar-refractivity contribution in [1.82, 2.24) is 5.32 Å². The molecule has 0 spiro atoms. The van der Waals surface area contributed by atoms with Crippen LogP contribution >= 0.6 is 0 Å². The van der Waals surface area contributed by atoms with Crippen molar-refractivity contribution in [3.63, 3.8) is 0 Å². The highest BCUT2D eigenvalue weighted by molar-refractivity contribution is 5.76. The Bertz CT molecular complexity index is 1330. The van der Waals surface area contributed by atoms with Crippen LogP contribution in [0.15, 0.2) is 36.5 Å². The first-order valence-electron chi connectivity index (χ1n) is 37.2. The third kappa shape index (κ3) is 67.2. The van der Waals surface area contributed by atoms with Crippen LogP contribution in [-0.2, 0) is 14.3 Å². The summed E-state index contributed by atoms with van der Waals surface area (Å²) in [7, 11) is 0. The van der Waals surface area contributed by atoms with E-state index >= 15 is 0 Å². The number of allylic oxidation sites excluding steroid dienone is 6. The molecule has 82 heavy (non-hydrogen) atoms. The minimum absolute atomic E-state index is 0.0134. The molecule has 0 heterocycles. The summed E-state index contributed by atoms with van der Waals surface area (Å²) in [6, 6.07) is -0.541. The van der Waals surface area contributed by atoms with Gasteiger partial charge in [0, 0.05) is 12.8 Å². The fraction of sp³-hybridized carbons (Fsp3) is 0.895. The normalized spacial score (nSPS) is 12.7. The molecule has 0 aliphatic heterocycles. The molecule has 0 aliphatic rings. The maximum Gasteiger partial charge on any atom is 0.305 e. The highest BCUT2D eigenvalue weighted by Gasteiger charge is 2.20. The highest BCUT2D eigenvalue weighted by Crippen LogP contribution is 2.19. The zero-order valence-corrected chi connectivity index (χ0v) is 55.5. The van der Waals surface area contributed by atoms with Gasteiger partial charge in [-0.3, -0.25) is 9.59 Å². The molecule has 2 atom stereocenters. The van der Waals surface area contributed by atoms with Crippen LogP contribution in [0.5, 0.6) is 0 Å². The van der Waals surface area contributed by atoms with Crippen LogP contribution < -0.4 is 5.32 Å². The zero-order chi connectivity index (χ0) is 59.2. The van der Waals surface area contributed by atoms with Crippen molar-refractivity contribution in [3.8, 4) is 0 Å². The van der Waals surface area contributed by atoms with E-state index in [0.29, 0.717) is 25.9 Å². The van der Waals surface area contributed by atoms with Crippen molar-refractivity contribution < 1.29 is 24.5 Å². The minimum Gasteiger partial charge on any atom is -0.466 e. The molecule has 0 aromatic heterocycles. The number of amides is 1. The SMILES string of the molecule is CCCCCCCC/C=C\CCCCCCCCCCCC(=O)OCCCCCCCCCCC/C=C\C/C=C\CCCCCCCCCCCCCCCCCC(=O)NC(CO)C(O)CCCCCCCCCCCCCCCCC. The molecule has 0 rings (SSSR count).